The number of allylic oxidation sites excluding steroid dienone is 1. The number of aliphatic hydroxyl groups excluding tert-OH is 1. The van der Waals surface area contributed by atoms with Crippen molar-refractivity contribution < 1.29 is 14.6 Å². The van der Waals surface area contributed by atoms with E-state index in [0.29, 0.717) is 31.1 Å². The molecule has 1 N–H and O–H groups in total. The van der Waals surface area contributed by atoms with Gasteiger partial charge in [-0.1, -0.05) is 32.1 Å². The van der Waals surface area contributed by atoms with E-state index in [0.717, 1.165) is 18.2 Å². The summed E-state index contributed by atoms with van der Waals surface area (Å²) in [5.74, 6) is 2.39. The molecular weight excluding hydrogens is 326 g/mol. The summed E-state index contributed by atoms with van der Waals surface area (Å²) in [5.41, 5.74) is 3.05. The number of aliphatic hydroxyl groups is 1. The van der Waals surface area contributed by atoms with E-state index in [9.17, 15) is 5.11 Å². The van der Waals surface area contributed by atoms with Crippen LogP contribution in [0.5, 0.6) is 5.75 Å². The topological polar surface area (TPSA) is 41.9 Å². The lowest BCUT2D eigenvalue weighted by Crippen LogP contribution is -2.48. The predicted molar refractivity (Wildman–Crippen MR) is 104 cm³/mol. The molecule has 2 bridgehead atoms. The molecule has 0 aromatic heterocycles. The molecule has 0 radical (unpaired) electrons. The lowest BCUT2D eigenvalue weighted by molar-refractivity contribution is -0.0257. The number of methoxy groups -OCH3 is 1. The van der Waals surface area contributed by atoms with Crippen molar-refractivity contribution in [2.45, 2.75) is 39.3 Å². The molecular formula is C22H33NO3. The molecule has 4 nitrogen and oxygen atoms in total. The average molecular weight is 360 g/mol. The van der Waals surface area contributed by atoms with Gasteiger partial charge in [0.05, 0.1) is 26.4 Å². The summed E-state index contributed by atoms with van der Waals surface area (Å²) in [4.78, 5) is 2.11. The molecule has 1 aromatic rings. The molecule has 0 heterocycles. The van der Waals surface area contributed by atoms with Crippen LogP contribution in [0.15, 0.2) is 35.9 Å². The Balaban J connectivity index is 1.38. The Morgan fingerprint density at radius 3 is 2.85 bits per heavy atom. The zero-order valence-corrected chi connectivity index (χ0v) is 16.6. The normalized spacial score (nSPS) is 24.8. The smallest absolute Gasteiger partial charge is 0.119 e. The summed E-state index contributed by atoms with van der Waals surface area (Å²) in [7, 11) is 3.69. The highest BCUT2D eigenvalue weighted by molar-refractivity contribution is 5.28. The molecule has 4 heteroatoms. The van der Waals surface area contributed by atoms with Gasteiger partial charge in [0.2, 0.25) is 0 Å². The first kappa shape index (κ1) is 19.4. The Hall–Kier alpha value is -1.36. The van der Waals surface area contributed by atoms with Crippen LogP contribution in [0.2, 0.25) is 0 Å². The van der Waals surface area contributed by atoms with Crippen LogP contribution in [0, 0.1) is 17.3 Å². The van der Waals surface area contributed by atoms with Crippen molar-refractivity contribution in [2.75, 3.05) is 33.9 Å². The lowest BCUT2D eigenvalue weighted by atomic mass is 9.49. The van der Waals surface area contributed by atoms with E-state index in [1.807, 2.05) is 25.2 Å². The fourth-order valence-electron chi connectivity index (χ4n) is 4.51. The van der Waals surface area contributed by atoms with Crippen molar-refractivity contribution >= 4 is 0 Å². The predicted octanol–water partition coefficient (Wildman–Crippen LogP) is 3.50. The molecule has 3 aliphatic carbocycles. The molecule has 1 saturated carbocycles. The van der Waals surface area contributed by atoms with E-state index in [-0.39, 0.29) is 0 Å². The van der Waals surface area contributed by atoms with E-state index in [1.54, 1.807) is 7.11 Å². The quantitative estimate of drug-likeness (QED) is 0.685. The molecule has 0 saturated heterocycles. The molecule has 4 rings (SSSR count). The minimum absolute atomic E-state index is 0.385. The monoisotopic (exact) mass is 359 g/mol. The second kappa shape index (κ2) is 8.12. The number of rotatable bonds is 9. The third-order valence-electron chi connectivity index (χ3n) is 6.27. The molecule has 1 fully saturated rings. The van der Waals surface area contributed by atoms with E-state index in [1.165, 1.54) is 24.0 Å². The lowest BCUT2D eigenvalue weighted by Gasteiger charge is -2.56. The van der Waals surface area contributed by atoms with E-state index in [4.69, 9.17) is 9.47 Å². The third-order valence-corrected chi connectivity index (χ3v) is 6.27. The van der Waals surface area contributed by atoms with Crippen LogP contribution in [0.3, 0.4) is 0 Å². The summed E-state index contributed by atoms with van der Waals surface area (Å²) in [6, 6.07) is 8.04. The largest absolute Gasteiger partial charge is 0.497 e. The van der Waals surface area contributed by atoms with E-state index < -0.39 is 6.10 Å². The zero-order chi connectivity index (χ0) is 18.7. The SMILES string of the molecule is COc1cccc(CN(C)C[C@@H](O)COCC2=CC[C@@H]3C[C@H]2C3(C)C)c1. The molecule has 0 aliphatic heterocycles. The highest BCUT2D eigenvalue weighted by atomic mass is 16.5. The summed E-state index contributed by atoms with van der Waals surface area (Å²) in [6.07, 6.45) is 4.39. The maximum absolute atomic E-state index is 10.3. The van der Waals surface area contributed by atoms with Crippen LogP contribution in [0.1, 0.15) is 32.3 Å². The van der Waals surface area contributed by atoms with Gasteiger partial charge in [-0.15, -0.1) is 0 Å². The van der Waals surface area contributed by atoms with Gasteiger partial charge in [0.15, 0.2) is 0 Å². The van der Waals surface area contributed by atoms with Gasteiger partial charge < -0.3 is 14.6 Å². The van der Waals surface area contributed by atoms with Crippen molar-refractivity contribution in [3.8, 4) is 5.75 Å². The van der Waals surface area contributed by atoms with Crippen LogP contribution < -0.4 is 4.74 Å². The summed E-state index contributed by atoms with van der Waals surface area (Å²) >= 11 is 0. The van der Waals surface area contributed by atoms with Crippen molar-refractivity contribution in [2.24, 2.45) is 17.3 Å². The summed E-state index contributed by atoms with van der Waals surface area (Å²) < 4.78 is 11.1. The number of ether oxygens (including phenoxy) is 2. The molecule has 0 spiro atoms. The minimum Gasteiger partial charge on any atom is -0.497 e. The van der Waals surface area contributed by atoms with Gasteiger partial charge in [0.25, 0.3) is 0 Å². The number of hydrogen-bond donors (Lipinski definition) is 1. The maximum atomic E-state index is 10.3. The number of nitrogens with zero attached hydrogens (tertiary/aromatic N) is 1. The molecule has 144 valence electrons. The first-order valence-corrected chi connectivity index (χ1v) is 9.66. The van der Waals surface area contributed by atoms with Gasteiger partial charge in [-0.05, 0) is 60.4 Å². The Morgan fingerprint density at radius 1 is 1.35 bits per heavy atom. The van der Waals surface area contributed by atoms with Crippen molar-refractivity contribution in [1.82, 2.24) is 4.90 Å². The molecule has 0 amide bonds. The highest BCUT2D eigenvalue weighted by Gasteiger charge is 2.50. The number of hydrogen-bond acceptors (Lipinski definition) is 4. The van der Waals surface area contributed by atoms with Crippen LogP contribution in [-0.4, -0.2) is 50.0 Å². The van der Waals surface area contributed by atoms with Gasteiger partial charge in [-0.25, -0.2) is 0 Å². The van der Waals surface area contributed by atoms with Crippen molar-refractivity contribution in [3.05, 3.63) is 41.5 Å². The Bertz CT molecular complexity index is 640. The van der Waals surface area contributed by atoms with Gasteiger partial charge in [0, 0.05) is 13.1 Å². The van der Waals surface area contributed by atoms with Crippen LogP contribution in [0.25, 0.3) is 0 Å². The number of benzene rings is 1. The van der Waals surface area contributed by atoms with E-state index >= 15 is 0 Å². The summed E-state index contributed by atoms with van der Waals surface area (Å²) in [5, 5.41) is 10.3. The average Bonchev–Trinajstić information content (AvgIpc) is 2.61. The van der Waals surface area contributed by atoms with Crippen molar-refractivity contribution in [1.29, 1.82) is 0 Å². The highest BCUT2D eigenvalue weighted by Crippen LogP contribution is 2.59. The van der Waals surface area contributed by atoms with Gasteiger partial charge in [0.1, 0.15) is 5.75 Å². The second-order valence-electron chi connectivity index (χ2n) is 8.54. The zero-order valence-electron chi connectivity index (χ0n) is 16.6. The fourth-order valence-corrected chi connectivity index (χ4v) is 4.51. The minimum atomic E-state index is -0.475. The second-order valence-corrected chi connectivity index (χ2v) is 8.54. The van der Waals surface area contributed by atoms with Crippen LogP contribution in [0.4, 0.5) is 0 Å². The van der Waals surface area contributed by atoms with Gasteiger partial charge in [-0.3, -0.25) is 4.90 Å². The molecule has 1 aromatic carbocycles. The Kier molecular flexibility index (Phi) is 6.06. The maximum Gasteiger partial charge on any atom is 0.119 e. The molecule has 3 atom stereocenters. The number of likely N-dealkylation sites (N-methyl/N-ethyl adjacent to an activating group) is 1. The third kappa shape index (κ3) is 4.30. The fraction of sp³-hybridized carbons (Fsp3) is 0.636. The first-order valence-electron chi connectivity index (χ1n) is 9.66. The first-order chi connectivity index (χ1) is 12.4. The summed E-state index contributed by atoms with van der Waals surface area (Å²) in [6.45, 7) is 7.17. The van der Waals surface area contributed by atoms with Gasteiger partial charge in [-0.2, -0.15) is 0 Å². The van der Waals surface area contributed by atoms with E-state index in [2.05, 4.69) is 30.9 Å². The molecule has 26 heavy (non-hydrogen) atoms. The Morgan fingerprint density at radius 2 is 2.15 bits per heavy atom. The Labute approximate surface area is 157 Å². The van der Waals surface area contributed by atoms with Crippen molar-refractivity contribution in [3.63, 3.8) is 0 Å². The molecule has 0 unspecified atom stereocenters. The van der Waals surface area contributed by atoms with Crippen LogP contribution >= 0.6 is 0 Å². The standard InChI is InChI=1S/C22H33NO3/c1-22(2)18-9-8-17(21(22)11-18)14-26-15-19(24)13-23(3)12-16-6-5-7-20(10-16)25-4/h5-8,10,18-19,21,24H,9,11-15H2,1-4H3/t18-,19-,21-/m1/s1. The number of fused-ring (bicyclic) bond motifs is 1. The molecule has 3 aliphatic rings. The van der Waals surface area contributed by atoms with Gasteiger partial charge >= 0.3 is 0 Å². The van der Waals surface area contributed by atoms with Crippen LogP contribution in [-0.2, 0) is 11.3 Å².